The molecule has 1 amide bonds. The number of ether oxygens (including phenoxy) is 2. The van der Waals surface area contributed by atoms with E-state index in [1.165, 1.54) is 13.0 Å². The van der Waals surface area contributed by atoms with Gasteiger partial charge in [-0.05, 0) is 67.1 Å². The van der Waals surface area contributed by atoms with Crippen molar-refractivity contribution >= 4 is 40.5 Å². The monoisotopic (exact) mass is 433 g/mol. The number of hydrogen-bond donors (Lipinski definition) is 2. The van der Waals surface area contributed by atoms with E-state index >= 15 is 0 Å². The van der Waals surface area contributed by atoms with Crippen LogP contribution in [0, 0.1) is 3.57 Å². The van der Waals surface area contributed by atoms with Crippen molar-refractivity contribution in [3.8, 4) is 11.5 Å². The van der Waals surface area contributed by atoms with Gasteiger partial charge in [-0.15, -0.1) is 0 Å². The zero-order valence-corrected chi connectivity index (χ0v) is 15.6. The lowest BCUT2D eigenvalue weighted by molar-refractivity contribution is -0.134. The van der Waals surface area contributed by atoms with Crippen LogP contribution in [0.4, 0.5) is 0 Å². The number of benzene rings is 1. The van der Waals surface area contributed by atoms with Crippen molar-refractivity contribution in [2.45, 2.75) is 33.8 Å². The molecule has 0 aliphatic heterocycles. The van der Waals surface area contributed by atoms with E-state index < -0.39 is 11.9 Å². The first-order valence-corrected chi connectivity index (χ1v) is 8.18. The first-order valence-electron chi connectivity index (χ1n) is 7.10. The molecular weight excluding hydrogens is 413 g/mol. The van der Waals surface area contributed by atoms with Gasteiger partial charge in [0.25, 0.3) is 0 Å². The number of hydrogen-bond acceptors (Lipinski definition) is 4. The summed E-state index contributed by atoms with van der Waals surface area (Å²) in [7, 11) is 0. The highest BCUT2D eigenvalue weighted by molar-refractivity contribution is 14.1. The van der Waals surface area contributed by atoms with Crippen LogP contribution in [0.2, 0.25) is 0 Å². The fourth-order valence-electron chi connectivity index (χ4n) is 1.79. The zero-order valence-electron chi connectivity index (χ0n) is 13.5. The number of halogens is 1. The van der Waals surface area contributed by atoms with Crippen molar-refractivity contribution < 1.29 is 24.2 Å². The number of aliphatic carboxylic acids is 1. The minimum Gasteiger partial charge on any atom is -0.490 e. The van der Waals surface area contributed by atoms with Gasteiger partial charge in [-0.3, -0.25) is 4.79 Å². The summed E-state index contributed by atoms with van der Waals surface area (Å²) >= 11 is 2.11. The van der Waals surface area contributed by atoms with Crippen molar-refractivity contribution in [2.24, 2.45) is 0 Å². The van der Waals surface area contributed by atoms with Crippen LogP contribution in [-0.4, -0.2) is 29.7 Å². The predicted molar refractivity (Wildman–Crippen MR) is 95.5 cm³/mol. The molecule has 0 atom stereocenters. The highest BCUT2D eigenvalue weighted by Gasteiger charge is 2.15. The molecule has 1 aromatic rings. The maximum atomic E-state index is 11.2. The number of carbonyl (C=O) groups excluding carboxylic acids is 1. The maximum absolute atomic E-state index is 11.2. The van der Waals surface area contributed by atoms with Crippen LogP contribution in [-0.2, 0) is 9.59 Å². The molecule has 0 unspecified atom stereocenters. The van der Waals surface area contributed by atoms with E-state index in [2.05, 4.69) is 27.9 Å². The summed E-state index contributed by atoms with van der Waals surface area (Å²) in [5, 5.41) is 11.5. The fourth-order valence-corrected chi connectivity index (χ4v) is 2.54. The van der Waals surface area contributed by atoms with Gasteiger partial charge in [0.05, 0.1) is 16.3 Å². The molecule has 0 saturated carbocycles. The molecule has 0 saturated heterocycles. The third-order valence-corrected chi connectivity index (χ3v) is 3.34. The number of carbonyl (C=O) groups is 2. The topological polar surface area (TPSA) is 84.9 Å². The summed E-state index contributed by atoms with van der Waals surface area (Å²) in [6.45, 7) is 7.40. The quantitative estimate of drug-likeness (QED) is 0.510. The molecular formula is C16H20INO5. The maximum Gasteiger partial charge on any atom is 0.352 e. The lowest BCUT2D eigenvalue weighted by atomic mass is 10.1. The molecule has 0 aliphatic carbocycles. The van der Waals surface area contributed by atoms with E-state index in [4.69, 9.17) is 14.6 Å². The van der Waals surface area contributed by atoms with Crippen LogP contribution >= 0.6 is 22.6 Å². The van der Waals surface area contributed by atoms with E-state index in [9.17, 15) is 9.59 Å². The Bertz CT molecular complexity index is 625. The Hall–Kier alpha value is -1.77. The van der Waals surface area contributed by atoms with E-state index in [0.717, 1.165) is 3.57 Å². The normalized spacial score (nSPS) is 11.3. The predicted octanol–water partition coefficient (Wildman–Crippen LogP) is 3.04. The van der Waals surface area contributed by atoms with Crippen molar-refractivity contribution in [1.29, 1.82) is 0 Å². The van der Waals surface area contributed by atoms with Gasteiger partial charge in [-0.25, -0.2) is 4.79 Å². The summed E-state index contributed by atoms with van der Waals surface area (Å²) in [6.07, 6.45) is 1.37. The van der Waals surface area contributed by atoms with E-state index in [0.29, 0.717) is 23.7 Å². The fraction of sp³-hybridized carbons (Fsp3) is 0.375. The Labute approximate surface area is 149 Å². The molecule has 126 valence electrons. The van der Waals surface area contributed by atoms with Crippen molar-refractivity contribution in [1.82, 2.24) is 5.32 Å². The highest BCUT2D eigenvalue weighted by Crippen LogP contribution is 2.35. The van der Waals surface area contributed by atoms with Gasteiger partial charge in [0, 0.05) is 6.92 Å². The van der Waals surface area contributed by atoms with Crippen molar-refractivity contribution in [3.05, 3.63) is 27.0 Å². The summed E-state index contributed by atoms with van der Waals surface area (Å²) in [4.78, 5) is 22.3. The SMILES string of the molecule is CCOc1cc(C=C(NC(C)=O)C(=O)O)cc(I)c1OC(C)C. The zero-order chi connectivity index (χ0) is 17.6. The molecule has 0 aromatic heterocycles. The smallest absolute Gasteiger partial charge is 0.352 e. The van der Waals surface area contributed by atoms with Gasteiger partial charge in [-0.1, -0.05) is 0 Å². The van der Waals surface area contributed by atoms with Gasteiger partial charge in [0.2, 0.25) is 5.91 Å². The highest BCUT2D eigenvalue weighted by atomic mass is 127. The van der Waals surface area contributed by atoms with E-state index in [1.807, 2.05) is 20.8 Å². The Morgan fingerprint density at radius 2 is 2.04 bits per heavy atom. The molecule has 0 heterocycles. The Balaban J connectivity index is 3.31. The average molecular weight is 433 g/mol. The summed E-state index contributed by atoms with van der Waals surface area (Å²) in [5.41, 5.74) is 0.397. The van der Waals surface area contributed by atoms with E-state index in [-0.39, 0.29) is 11.8 Å². The van der Waals surface area contributed by atoms with Crippen LogP contribution in [0.15, 0.2) is 17.8 Å². The molecule has 1 aromatic carbocycles. The third-order valence-electron chi connectivity index (χ3n) is 2.54. The van der Waals surface area contributed by atoms with Crippen LogP contribution < -0.4 is 14.8 Å². The first-order chi connectivity index (χ1) is 10.7. The third kappa shape index (κ3) is 6.09. The van der Waals surface area contributed by atoms with E-state index in [1.54, 1.807) is 12.1 Å². The molecule has 1 rings (SSSR count). The van der Waals surface area contributed by atoms with Crippen LogP contribution in [0.25, 0.3) is 6.08 Å². The number of amides is 1. The lowest BCUT2D eigenvalue weighted by Crippen LogP contribution is -2.24. The Morgan fingerprint density at radius 3 is 2.52 bits per heavy atom. The van der Waals surface area contributed by atoms with Crippen LogP contribution in [0.3, 0.4) is 0 Å². The molecule has 0 aliphatic rings. The number of nitrogens with one attached hydrogen (secondary N) is 1. The number of carboxylic acids is 1. The lowest BCUT2D eigenvalue weighted by Gasteiger charge is -2.17. The van der Waals surface area contributed by atoms with Gasteiger partial charge < -0.3 is 19.9 Å². The summed E-state index contributed by atoms with van der Waals surface area (Å²) in [5.74, 6) is -0.503. The number of rotatable bonds is 7. The largest absolute Gasteiger partial charge is 0.490 e. The standard InChI is InChI=1S/C16H20INO5/c1-5-22-14-8-11(6-12(17)15(14)23-9(2)3)7-13(16(20)21)18-10(4)19/h6-9H,5H2,1-4H3,(H,18,19)(H,20,21). The van der Waals surface area contributed by atoms with Gasteiger partial charge in [0.1, 0.15) is 5.70 Å². The molecule has 0 radical (unpaired) electrons. The molecule has 0 spiro atoms. The second kappa shape index (κ2) is 8.76. The minimum absolute atomic E-state index is 0.0157. The molecule has 23 heavy (non-hydrogen) atoms. The molecule has 6 nitrogen and oxygen atoms in total. The van der Waals surface area contributed by atoms with Crippen LogP contribution in [0.1, 0.15) is 33.3 Å². The summed E-state index contributed by atoms with van der Waals surface area (Å²) < 4.78 is 12.1. The average Bonchev–Trinajstić information content (AvgIpc) is 2.41. The second-order valence-corrected chi connectivity index (χ2v) is 6.14. The van der Waals surface area contributed by atoms with Crippen molar-refractivity contribution in [2.75, 3.05) is 6.61 Å². The molecule has 0 bridgehead atoms. The Kier molecular flexibility index (Phi) is 7.34. The molecule has 0 fully saturated rings. The first kappa shape index (κ1) is 19.3. The van der Waals surface area contributed by atoms with Gasteiger partial charge >= 0.3 is 5.97 Å². The van der Waals surface area contributed by atoms with Crippen LogP contribution in [0.5, 0.6) is 11.5 Å². The van der Waals surface area contributed by atoms with Gasteiger partial charge in [0.15, 0.2) is 11.5 Å². The van der Waals surface area contributed by atoms with Gasteiger partial charge in [-0.2, -0.15) is 0 Å². The second-order valence-electron chi connectivity index (χ2n) is 4.97. The molecule has 7 heteroatoms. The molecule has 2 N–H and O–H groups in total. The van der Waals surface area contributed by atoms with Crippen molar-refractivity contribution in [3.63, 3.8) is 0 Å². The Morgan fingerprint density at radius 1 is 1.39 bits per heavy atom. The minimum atomic E-state index is -1.21. The number of carboxylic acid groups (broad SMARTS) is 1. The summed E-state index contributed by atoms with van der Waals surface area (Å²) in [6, 6.07) is 3.46.